The molecule has 2 unspecified atom stereocenters. The first-order valence-electron chi connectivity index (χ1n) is 4.79. The molecule has 0 aliphatic heterocycles. The molecule has 15 heavy (non-hydrogen) atoms. The summed E-state index contributed by atoms with van der Waals surface area (Å²) in [6.45, 7) is 0.788. The van der Waals surface area contributed by atoms with E-state index in [1.54, 1.807) is 12.2 Å². The van der Waals surface area contributed by atoms with Gasteiger partial charge in [-0.05, 0) is 6.42 Å². The minimum atomic E-state index is -0.863. The lowest BCUT2D eigenvalue weighted by Crippen LogP contribution is -2.42. The van der Waals surface area contributed by atoms with Crippen LogP contribution in [0.25, 0.3) is 0 Å². The number of amides is 2. The van der Waals surface area contributed by atoms with E-state index in [2.05, 4.69) is 10.6 Å². The van der Waals surface area contributed by atoms with Crippen LogP contribution in [0.4, 0.5) is 4.79 Å². The summed E-state index contributed by atoms with van der Waals surface area (Å²) >= 11 is 0. The van der Waals surface area contributed by atoms with E-state index in [4.69, 9.17) is 10.8 Å². The second-order valence-corrected chi connectivity index (χ2v) is 3.36. The van der Waals surface area contributed by atoms with Gasteiger partial charge in [-0.25, -0.2) is 4.79 Å². The maximum absolute atomic E-state index is 11.2. The van der Waals surface area contributed by atoms with Crippen molar-refractivity contribution in [3.8, 4) is 0 Å². The summed E-state index contributed by atoms with van der Waals surface area (Å²) in [4.78, 5) is 21.8. The highest BCUT2D eigenvalue weighted by atomic mass is 16.4. The molecular formula is C9H15N3O3. The van der Waals surface area contributed by atoms with Gasteiger partial charge in [0.1, 0.15) is 0 Å². The standard InChI is InChI=1S/C9H15N3O3/c10-3-4-11-9(15)12-7-2-1-6(5-7)8(13)14/h1-2,6-7H,3-5,10H2,(H,13,14)(H2,11,12,15). The molecule has 0 saturated carbocycles. The van der Waals surface area contributed by atoms with Gasteiger partial charge in [-0.15, -0.1) is 0 Å². The Bertz CT molecular complexity index is 278. The Kier molecular flexibility index (Phi) is 4.11. The number of hydrogen-bond acceptors (Lipinski definition) is 3. The number of carbonyl (C=O) groups excluding carboxylic acids is 1. The Labute approximate surface area is 87.5 Å². The number of aliphatic carboxylic acids is 1. The molecule has 5 N–H and O–H groups in total. The van der Waals surface area contributed by atoms with Gasteiger partial charge >= 0.3 is 12.0 Å². The van der Waals surface area contributed by atoms with Gasteiger partial charge in [-0.3, -0.25) is 4.79 Å². The molecule has 2 amide bonds. The van der Waals surface area contributed by atoms with Crippen molar-refractivity contribution >= 4 is 12.0 Å². The first kappa shape index (κ1) is 11.5. The van der Waals surface area contributed by atoms with Gasteiger partial charge in [-0.1, -0.05) is 12.2 Å². The molecule has 1 aliphatic carbocycles. The Morgan fingerprint density at radius 3 is 2.73 bits per heavy atom. The van der Waals surface area contributed by atoms with E-state index in [-0.39, 0.29) is 12.1 Å². The zero-order valence-electron chi connectivity index (χ0n) is 8.27. The van der Waals surface area contributed by atoms with Crippen LogP contribution in [-0.2, 0) is 4.79 Å². The lowest BCUT2D eigenvalue weighted by atomic mass is 10.1. The third-order valence-electron chi connectivity index (χ3n) is 2.15. The molecule has 6 nitrogen and oxygen atoms in total. The van der Waals surface area contributed by atoms with Crippen LogP contribution in [0.5, 0.6) is 0 Å². The monoisotopic (exact) mass is 213 g/mol. The van der Waals surface area contributed by atoms with E-state index >= 15 is 0 Å². The molecule has 1 aliphatic rings. The van der Waals surface area contributed by atoms with Crippen LogP contribution in [-0.4, -0.2) is 36.2 Å². The fourth-order valence-corrected chi connectivity index (χ4v) is 1.39. The van der Waals surface area contributed by atoms with E-state index in [0.717, 1.165) is 0 Å². The van der Waals surface area contributed by atoms with Crippen LogP contribution in [0.2, 0.25) is 0 Å². The van der Waals surface area contributed by atoms with Gasteiger partial charge in [0, 0.05) is 13.1 Å². The number of carbonyl (C=O) groups is 2. The highest BCUT2D eigenvalue weighted by Gasteiger charge is 2.25. The Morgan fingerprint density at radius 2 is 2.20 bits per heavy atom. The van der Waals surface area contributed by atoms with Crippen LogP contribution >= 0.6 is 0 Å². The van der Waals surface area contributed by atoms with Crippen LogP contribution < -0.4 is 16.4 Å². The summed E-state index contributed by atoms with van der Waals surface area (Å²) in [5.41, 5.74) is 5.21. The van der Waals surface area contributed by atoms with Crippen molar-refractivity contribution in [1.29, 1.82) is 0 Å². The van der Waals surface area contributed by atoms with Crippen molar-refractivity contribution in [2.75, 3.05) is 13.1 Å². The third-order valence-corrected chi connectivity index (χ3v) is 2.15. The maximum atomic E-state index is 11.2. The fourth-order valence-electron chi connectivity index (χ4n) is 1.39. The average Bonchev–Trinajstić information content (AvgIpc) is 2.63. The molecule has 0 radical (unpaired) electrons. The van der Waals surface area contributed by atoms with Crippen LogP contribution in [0.3, 0.4) is 0 Å². The van der Waals surface area contributed by atoms with Crippen molar-refractivity contribution in [2.45, 2.75) is 12.5 Å². The summed E-state index contributed by atoms with van der Waals surface area (Å²) in [7, 11) is 0. The van der Waals surface area contributed by atoms with Crippen molar-refractivity contribution in [1.82, 2.24) is 10.6 Å². The molecule has 0 saturated heterocycles. The van der Waals surface area contributed by atoms with Crippen molar-refractivity contribution in [3.05, 3.63) is 12.2 Å². The Hall–Kier alpha value is -1.56. The summed E-state index contributed by atoms with van der Waals surface area (Å²) in [5, 5.41) is 13.9. The topological polar surface area (TPSA) is 104 Å². The normalized spacial score (nSPS) is 23.8. The van der Waals surface area contributed by atoms with Crippen molar-refractivity contribution in [3.63, 3.8) is 0 Å². The molecule has 0 aromatic rings. The fraction of sp³-hybridized carbons (Fsp3) is 0.556. The smallest absolute Gasteiger partial charge is 0.315 e. The molecule has 0 heterocycles. The highest BCUT2D eigenvalue weighted by Crippen LogP contribution is 2.17. The lowest BCUT2D eigenvalue weighted by molar-refractivity contribution is -0.140. The first-order valence-corrected chi connectivity index (χ1v) is 4.79. The lowest BCUT2D eigenvalue weighted by Gasteiger charge is -2.12. The second kappa shape index (κ2) is 5.35. The molecule has 0 aromatic carbocycles. The highest BCUT2D eigenvalue weighted by molar-refractivity contribution is 5.76. The first-order chi connectivity index (χ1) is 7.13. The number of nitrogens with one attached hydrogen (secondary N) is 2. The average molecular weight is 213 g/mol. The molecule has 0 spiro atoms. The van der Waals surface area contributed by atoms with Crippen molar-refractivity contribution in [2.24, 2.45) is 11.7 Å². The van der Waals surface area contributed by atoms with Crippen LogP contribution in [0.15, 0.2) is 12.2 Å². The molecule has 0 aromatic heterocycles. The van der Waals surface area contributed by atoms with Gasteiger partial charge in [-0.2, -0.15) is 0 Å². The van der Waals surface area contributed by atoms with Gasteiger partial charge in [0.15, 0.2) is 0 Å². The quantitative estimate of drug-likeness (QED) is 0.462. The van der Waals surface area contributed by atoms with Gasteiger partial charge < -0.3 is 21.5 Å². The molecule has 1 rings (SSSR count). The molecule has 0 fully saturated rings. The summed E-state index contributed by atoms with van der Waals surface area (Å²) in [5.74, 6) is -1.36. The SMILES string of the molecule is NCCNC(=O)NC1C=CC(C(=O)O)C1. The van der Waals surface area contributed by atoms with E-state index in [1.807, 2.05) is 0 Å². The summed E-state index contributed by atoms with van der Waals surface area (Å²) in [6, 6.07) is -0.523. The number of hydrogen-bond donors (Lipinski definition) is 4. The number of carboxylic acids is 1. The molecule has 0 bridgehead atoms. The molecule has 84 valence electrons. The van der Waals surface area contributed by atoms with E-state index in [9.17, 15) is 9.59 Å². The van der Waals surface area contributed by atoms with Crippen LogP contribution in [0.1, 0.15) is 6.42 Å². The minimum absolute atomic E-state index is 0.205. The predicted octanol–water partition coefficient (Wildman–Crippen LogP) is -0.726. The minimum Gasteiger partial charge on any atom is -0.481 e. The molecule has 2 atom stereocenters. The van der Waals surface area contributed by atoms with Gasteiger partial charge in [0.05, 0.1) is 12.0 Å². The maximum Gasteiger partial charge on any atom is 0.315 e. The number of carboxylic acid groups (broad SMARTS) is 1. The third kappa shape index (κ3) is 3.59. The van der Waals surface area contributed by atoms with Crippen LogP contribution in [0, 0.1) is 5.92 Å². The van der Waals surface area contributed by atoms with Crippen molar-refractivity contribution < 1.29 is 14.7 Å². The number of urea groups is 1. The second-order valence-electron chi connectivity index (χ2n) is 3.36. The molecule has 6 heteroatoms. The summed E-state index contributed by atoms with van der Waals surface area (Å²) in [6.07, 6.45) is 3.70. The largest absolute Gasteiger partial charge is 0.481 e. The van der Waals surface area contributed by atoms with E-state index in [0.29, 0.717) is 19.5 Å². The molecular weight excluding hydrogens is 198 g/mol. The van der Waals surface area contributed by atoms with E-state index in [1.165, 1.54) is 0 Å². The number of rotatable bonds is 4. The zero-order chi connectivity index (χ0) is 11.3. The number of nitrogens with two attached hydrogens (primary N) is 1. The predicted molar refractivity (Wildman–Crippen MR) is 54.3 cm³/mol. The Morgan fingerprint density at radius 1 is 1.47 bits per heavy atom. The Balaban J connectivity index is 2.27. The zero-order valence-corrected chi connectivity index (χ0v) is 8.27. The summed E-state index contributed by atoms with van der Waals surface area (Å²) < 4.78 is 0. The van der Waals surface area contributed by atoms with E-state index < -0.39 is 11.9 Å². The van der Waals surface area contributed by atoms with Gasteiger partial charge in [0.25, 0.3) is 0 Å². The van der Waals surface area contributed by atoms with Gasteiger partial charge in [0.2, 0.25) is 0 Å².